The van der Waals surface area contributed by atoms with Gasteiger partial charge in [0.25, 0.3) is 0 Å². The summed E-state index contributed by atoms with van der Waals surface area (Å²) < 4.78 is 0. The van der Waals surface area contributed by atoms with Gasteiger partial charge in [-0.05, 0) is 19.0 Å². The van der Waals surface area contributed by atoms with Crippen LogP contribution in [-0.2, 0) is 16.1 Å². The Kier molecular flexibility index (Phi) is 6.73. The summed E-state index contributed by atoms with van der Waals surface area (Å²) in [5, 5.41) is 11.2. The number of nitrogens with zero attached hydrogens (tertiary/aromatic N) is 1. The van der Waals surface area contributed by atoms with Crippen LogP contribution in [0, 0.1) is 0 Å². The summed E-state index contributed by atoms with van der Waals surface area (Å²) in [4.78, 5) is 24.4. The maximum absolute atomic E-state index is 11.6. The van der Waals surface area contributed by atoms with Crippen molar-refractivity contribution in [3.8, 4) is 0 Å². The molecule has 0 radical (unpaired) electrons. The standard InChI is InChI=1S/C15H22N2O3/c1-3-17(11-13-7-5-4-6-8-13)10-9-14(18)16-12(2)15(19)20/h4-8,12H,3,9-11H2,1-2H3,(H,16,18)(H,19,20). The molecule has 1 unspecified atom stereocenters. The van der Waals surface area contributed by atoms with Crippen molar-refractivity contribution >= 4 is 11.9 Å². The molecule has 0 bridgehead atoms. The first-order chi connectivity index (χ1) is 9.52. The Hall–Kier alpha value is -1.88. The predicted octanol–water partition coefficient (Wildman–Crippen LogP) is 1.49. The summed E-state index contributed by atoms with van der Waals surface area (Å²) in [5.74, 6) is -1.25. The van der Waals surface area contributed by atoms with E-state index in [1.54, 1.807) is 0 Å². The Morgan fingerprint density at radius 2 is 1.95 bits per heavy atom. The zero-order valence-corrected chi connectivity index (χ0v) is 12.0. The van der Waals surface area contributed by atoms with Crippen LogP contribution in [0.2, 0.25) is 0 Å². The lowest BCUT2D eigenvalue weighted by Gasteiger charge is -2.20. The quantitative estimate of drug-likeness (QED) is 0.756. The molecule has 1 atom stereocenters. The SMILES string of the molecule is CCN(CCC(=O)NC(C)C(=O)O)Cc1ccccc1. The second-order valence-electron chi connectivity index (χ2n) is 4.73. The predicted molar refractivity (Wildman–Crippen MR) is 77.3 cm³/mol. The van der Waals surface area contributed by atoms with E-state index in [1.165, 1.54) is 12.5 Å². The van der Waals surface area contributed by atoms with Crippen molar-refractivity contribution in [2.24, 2.45) is 0 Å². The molecule has 20 heavy (non-hydrogen) atoms. The number of hydrogen-bond donors (Lipinski definition) is 2. The third kappa shape index (κ3) is 5.84. The zero-order valence-electron chi connectivity index (χ0n) is 12.0. The Bertz CT molecular complexity index is 434. The van der Waals surface area contributed by atoms with Gasteiger partial charge in [-0.1, -0.05) is 37.3 Å². The topological polar surface area (TPSA) is 69.6 Å². The van der Waals surface area contributed by atoms with Gasteiger partial charge in [0.2, 0.25) is 5.91 Å². The fourth-order valence-corrected chi connectivity index (χ4v) is 1.83. The summed E-state index contributed by atoms with van der Waals surface area (Å²) in [6, 6.07) is 9.21. The highest BCUT2D eigenvalue weighted by Gasteiger charge is 2.14. The van der Waals surface area contributed by atoms with E-state index in [0.717, 1.165) is 13.1 Å². The molecular formula is C15H22N2O3. The number of nitrogens with one attached hydrogen (secondary N) is 1. The van der Waals surface area contributed by atoms with Crippen molar-refractivity contribution < 1.29 is 14.7 Å². The lowest BCUT2D eigenvalue weighted by atomic mass is 10.2. The normalized spacial score (nSPS) is 12.2. The molecule has 1 aromatic rings. The lowest BCUT2D eigenvalue weighted by Crippen LogP contribution is -2.39. The molecule has 0 aliphatic heterocycles. The molecule has 1 aromatic carbocycles. The number of carbonyl (C=O) groups is 2. The molecule has 0 spiro atoms. The van der Waals surface area contributed by atoms with Gasteiger partial charge in [-0.3, -0.25) is 14.5 Å². The summed E-state index contributed by atoms with van der Waals surface area (Å²) in [6.07, 6.45) is 0.304. The first-order valence-electron chi connectivity index (χ1n) is 6.81. The number of rotatable bonds is 8. The zero-order chi connectivity index (χ0) is 15.0. The van der Waals surface area contributed by atoms with Crippen LogP contribution in [-0.4, -0.2) is 41.0 Å². The van der Waals surface area contributed by atoms with Crippen LogP contribution in [0.5, 0.6) is 0 Å². The molecule has 5 heteroatoms. The van der Waals surface area contributed by atoms with Crippen LogP contribution in [0.3, 0.4) is 0 Å². The molecule has 0 heterocycles. The molecule has 2 N–H and O–H groups in total. The molecule has 0 aliphatic carbocycles. The Morgan fingerprint density at radius 1 is 1.30 bits per heavy atom. The van der Waals surface area contributed by atoms with Crippen molar-refractivity contribution in [2.45, 2.75) is 32.9 Å². The number of hydrogen-bond acceptors (Lipinski definition) is 3. The fraction of sp³-hybridized carbons (Fsp3) is 0.467. The van der Waals surface area contributed by atoms with Crippen LogP contribution in [0.1, 0.15) is 25.8 Å². The average molecular weight is 278 g/mol. The largest absolute Gasteiger partial charge is 0.480 e. The van der Waals surface area contributed by atoms with Gasteiger partial charge >= 0.3 is 5.97 Å². The summed E-state index contributed by atoms with van der Waals surface area (Å²) in [7, 11) is 0. The van der Waals surface area contributed by atoms with E-state index in [0.29, 0.717) is 13.0 Å². The van der Waals surface area contributed by atoms with Gasteiger partial charge in [0.15, 0.2) is 0 Å². The van der Waals surface area contributed by atoms with Gasteiger partial charge in [0, 0.05) is 19.5 Å². The summed E-state index contributed by atoms with van der Waals surface area (Å²) >= 11 is 0. The number of aliphatic carboxylic acids is 1. The van der Waals surface area contributed by atoms with E-state index in [9.17, 15) is 9.59 Å². The molecule has 1 rings (SSSR count). The van der Waals surface area contributed by atoms with E-state index in [-0.39, 0.29) is 5.91 Å². The number of carboxylic acids is 1. The monoisotopic (exact) mass is 278 g/mol. The van der Waals surface area contributed by atoms with E-state index in [4.69, 9.17) is 5.11 Å². The number of benzene rings is 1. The summed E-state index contributed by atoms with van der Waals surface area (Å²) in [5.41, 5.74) is 1.20. The molecule has 0 aromatic heterocycles. The van der Waals surface area contributed by atoms with Crippen LogP contribution in [0.25, 0.3) is 0 Å². The van der Waals surface area contributed by atoms with E-state index < -0.39 is 12.0 Å². The maximum atomic E-state index is 11.6. The van der Waals surface area contributed by atoms with Crippen molar-refractivity contribution in [1.29, 1.82) is 0 Å². The Balaban J connectivity index is 2.38. The molecule has 0 saturated heterocycles. The molecular weight excluding hydrogens is 256 g/mol. The van der Waals surface area contributed by atoms with Crippen molar-refractivity contribution in [3.63, 3.8) is 0 Å². The molecule has 0 saturated carbocycles. The molecule has 0 aliphatic rings. The second kappa shape index (κ2) is 8.32. The van der Waals surface area contributed by atoms with Crippen LogP contribution in [0.15, 0.2) is 30.3 Å². The van der Waals surface area contributed by atoms with Gasteiger partial charge in [0.05, 0.1) is 0 Å². The molecule has 1 amide bonds. The number of carbonyl (C=O) groups excluding carboxylic acids is 1. The van der Waals surface area contributed by atoms with E-state index >= 15 is 0 Å². The minimum Gasteiger partial charge on any atom is -0.480 e. The average Bonchev–Trinajstić information content (AvgIpc) is 2.44. The minimum atomic E-state index is -1.02. The third-order valence-corrected chi connectivity index (χ3v) is 3.10. The van der Waals surface area contributed by atoms with Gasteiger partial charge < -0.3 is 10.4 Å². The lowest BCUT2D eigenvalue weighted by molar-refractivity contribution is -0.141. The van der Waals surface area contributed by atoms with Crippen LogP contribution < -0.4 is 5.32 Å². The first-order valence-corrected chi connectivity index (χ1v) is 6.81. The van der Waals surface area contributed by atoms with Crippen molar-refractivity contribution in [1.82, 2.24) is 10.2 Å². The van der Waals surface area contributed by atoms with Crippen molar-refractivity contribution in [3.05, 3.63) is 35.9 Å². The summed E-state index contributed by atoms with van der Waals surface area (Å²) in [6.45, 7) is 5.75. The van der Waals surface area contributed by atoms with E-state index in [2.05, 4.69) is 22.3 Å². The van der Waals surface area contributed by atoms with Gasteiger partial charge in [-0.2, -0.15) is 0 Å². The number of amides is 1. The number of carboxylic acid groups (broad SMARTS) is 1. The van der Waals surface area contributed by atoms with Gasteiger partial charge in [-0.25, -0.2) is 0 Å². The second-order valence-corrected chi connectivity index (χ2v) is 4.73. The first kappa shape index (κ1) is 16.2. The van der Waals surface area contributed by atoms with Crippen LogP contribution in [0.4, 0.5) is 0 Å². The fourth-order valence-electron chi connectivity index (χ4n) is 1.83. The van der Waals surface area contributed by atoms with Crippen LogP contribution >= 0.6 is 0 Å². The van der Waals surface area contributed by atoms with Crippen molar-refractivity contribution in [2.75, 3.05) is 13.1 Å². The highest BCUT2D eigenvalue weighted by molar-refractivity contribution is 5.83. The molecule has 5 nitrogen and oxygen atoms in total. The highest BCUT2D eigenvalue weighted by atomic mass is 16.4. The maximum Gasteiger partial charge on any atom is 0.325 e. The van der Waals surface area contributed by atoms with Gasteiger partial charge in [-0.15, -0.1) is 0 Å². The Morgan fingerprint density at radius 3 is 2.50 bits per heavy atom. The Labute approximate surface area is 119 Å². The highest BCUT2D eigenvalue weighted by Crippen LogP contribution is 2.04. The third-order valence-electron chi connectivity index (χ3n) is 3.10. The van der Waals surface area contributed by atoms with Gasteiger partial charge in [0.1, 0.15) is 6.04 Å². The molecule has 110 valence electrons. The smallest absolute Gasteiger partial charge is 0.325 e. The molecule has 0 fully saturated rings. The van der Waals surface area contributed by atoms with E-state index in [1.807, 2.05) is 25.1 Å². The minimum absolute atomic E-state index is 0.230.